The predicted octanol–water partition coefficient (Wildman–Crippen LogP) is 6.99. The second kappa shape index (κ2) is 9.93. The third kappa shape index (κ3) is 5.24. The second-order valence-electron chi connectivity index (χ2n) is 5.29. The number of nitrogens with zero attached hydrogens (tertiary/aromatic N) is 1. The summed E-state index contributed by atoms with van der Waals surface area (Å²) in [5.41, 5.74) is 2.47. The lowest BCUT2D eigenvalue weighted by atomic mass is 10.0. The van der Waals surface area contributed by atoms with E-state index in [1.807, 2.05) is 13.8 Å². The van der Waals surface area contributed by atoms with Crippen LogP contribution in [-0.4, -0.2) is 4.98 Å². The molecule has 0 aromatic carbocycles. The predicted molar refractivity (Wildman–Crippen MR) is 95.1 cm³/mol. The minimum atomic E-state index is 0.504. The van der Waals surface area contributed by atoms with Crippen LogP contribution in [0.4, 0.5) is 0 Å². The molecule has 2 aromatic rings. The molecule has 114 valence electrons. The minimum absolute atomic E-state index is 0.504. The van der Waals surface area contributed by atoms with E-state index in [0.29, 0.717) is 11.8 Å². The summed E-state index contributed by atoms with van der Waals surface area (Å²) >= 11 is 1.80. The zero-order valence-electron chi connectivity index (χ0n) is 14.4. The molecule has 0 unspecified atom stereocenters. The largest absolute Gasteiger partial charge is 0.256 e. The van der Waals surface area contributed by atoms with Gasteiger partial charge in [-0.1, -0.05) is 61.8 Å². The van der Waals surface area contributed by atoms with Gasteiger partial charge in [0.2, 0.25) is 0 Å². The Kier molecular flexibility index (Phi) is 9.49. The fraction of sp³-hybridized carbons (Fsp3) is 0.611. The van der Waals surface area contributed by atoms with Crippen LogP contribution >= 0.6 is 11.3 Å². The van der Waals surface area contributed by atoms with Crippen molar-refractivity contribution in [3.8, 4) is 0 Å². The highest BCUT2D eigenvalue weighted by atomic mass is 32.1. The van der Waals surface area contributed by atoms with Gasteiger partial charge in [-0.15, -0.1) is 11.3 Å². The van der Waals surface area contributed by atoms with Crippen molar-refractivity contribution in [2.45, 2.75) is 73.6 Å². The van der Waals surface area contributed by atoms with E-state index in [-0.39, 0.29) is 0 Å². The van der Waals surface area contributed by atoms with E-state index in [2.05, 4.69) is 59.1 Å². The van der Waals surface area contributed by atoms with Crippen molar-refractivity contribution in [1.29, 1.82) is 0 Å². The topological polar surface area (TPSA) is 12.9 Å². The summed E-state index contributed by atoms with van der Waals surface area (Å²) < 4.78 is 1.36. The van der Waals surface area contributed by atoms with E-state index < -0.39 is 0 Å². The number of aromatic nitrogens is 1. The number of fused-ring (bicyclic) bond motifs is 1. The van der Waals surface area contributed by atoms with Crippen LogP contribution in [0.15, 0.2) is 17.5 Å². The summed E-state index contributed by atoms with van der Waals surface area (Å²) in [4.78, 5) is 4.78. The summed E-state index contributed by atoms with van der Waals surface area (Å²) in [6, 6.07) is 4.42. The zero-order chi connectivity index (χ0) is 15.7. The zero-order valence-corrected chi connectivity index (χ0v) is 15.3. The molecule has 0 fully saturated rings. The maximum atomic E-state index is 4.78. The second-order valence-corrected chi connectivity index (χ2v) is 6.20. The van der Waals surface area contributed by atoms with Gasteiger partial charge in [-0.3, -0.25) is 4.98 Å². The van der Waals surface area contributed by atoms with E-state index in [1.165, 1.54) is 27.9 Å². The summed E-state index contributed by atoms with van der Waals surface area (Å²) in [5, 5.41) is 3.50. The van der Waals surface area contributed by atoms with E-state index in [1.54, 1.807) is 11.3 Å². The Morgan fingerprint density at radius 1 is 1.05 bits per heavy atom. The van der Waals surface area contributed by atoms with Gasteiger partial charge in [0.25, 0.3) is 0 Å². The monoisotopic (exact) mass is 293 g/mol. The van der Waals surface area contributed by atoms with Gasteiger partial charge in [0.15, 0.2) is 0 Å². The van der Waals surface area contributed by atoms with Gasteiger partial charge < -0.3 is 0 Å². The number of hydrogen-bond donors (Lipinski definition) is 0. The molecular weight excluding hydrogens is 262 g/mol. The molecule has 1 nitrogen and oxygen atoms in total. The highest BCUT2D eigenvalue weighted by Crippen LogP contribution is 2.30. The number of pyridine rings is 1. The van der Waals surface area contributed by atoms with Gasteiger partial charge in [0, 0.05) is 5.69 Å². The minimum Gasteiger partial charge on any atom is -0.256 e. The van der Waals surface area contributed by atoms with Crippen LogP contribution in [0.5, 0.6) is 0 Å². The number of thiophene rings is 1. The Hall–Kier alpha value is -0.890. The van der Waals surface area contributed by atoms with Gasteiger partial charge in [-0.05, 0) is 34.7 Å². The molecule has 0 bridgehead atoms. The first-order valence-corrected chi connectivity index (χ1v) is 8.77. The molecule has 0 amide bonds. The van der Waals surface area contributed by atoms with Crippen molar-refractivity contribution in [1.82, 2.24) is 4.98 Å². The van der Waals surface area contributed by atoms with Crippen LogP contribution in [0.25, 0.3) is 10.1 Å². The average molecular weight is 294 g/mol. The Bertz CT molecular complexity index is 483. The molecule has 0 saturated heterocycles. The molecule has 2 aromatic heterocycles. The van der Waals surface area contributed by atoms with Gasteiger partial charge in [-0.25, -0.2) is 0 Å². The highest BCUT2D eigenvalue weighted by Gasteiger charge is 2.11. The molecule has 0 aliphatic carbocycles. The van der Waals surface area contributed by atoms with Gasteiger partial charge in [-0.2, -0.15) is 0 Å². The third-order valence-electron chi connectivity index (χ3n) is 2.62. The van der Waals surface area contributed by atoms with Crippen molar-refractivity contribution >= 4 is 21.4 Å². The molecule has 0 aliphatic rings. The lowest BCUT2D eigenvalue weighted by Crippen LogP contribution is -1.99. The van der Waals surface area contributed by atoms with Crippen molar-refractivity contribution in [2.75, 3.05) is 0 Å². The Morgan fingerprint density at radius 3 is 2.05 bits per heavy atom. The van der Waals surface area contributed by atoms with Gasteiger partial charge in [0.1, 0.15) is 0 Å². The average Bonchev–Trinajstić information content (AvgIpc) is 2.88. The standard InChI is InChI=1S/C13H17NS.C3H8.C2H6/c1-8(2)11-7-10-5-6-15-13(10)12(14-11)9(3)4;1-3-2;1-2/h5-9H,1-4H3;3H2,1-2H3;1-2H3. The maximum Gasteiger partial charge on any atom is 0.0610 e. The van der Waals surface area contributed by atoms with Crippen LogP contribution in [0, 0.1) is 0 Å². The molecule has 20 heavy (non-hydrogen) atoms. The van der Waals surface area contributed by atoms with Crippen molar-refractivity contribution in [2.24, 2.45) is 0 Å². The SMILES string of the molecule is CC.CC(C)c1cc2ccsc2c(C(C)C)n1.CCC. The van der Waals surface area contributed by atoms with Crippen molar-refractivity contribution < 1.29 is 0 Å². The first-order valence-electron chi connectivity index (χ1n) is 7.89. The van der Waals surface area contributed by atoms with E-state index in [4.69, 9.17) is 4.98 Å². The molecule has 0 saturated carbocycles. The first-order chi connectivity index (χ1) is 9.51. The number of rotatable bonds is 2. The molecule has 0 N–H and O–H groups in total. The highest BCUT2D eigenvalue weighted by molar-refractivity contribution is 7.17. The molecular formula is C18H31NS. The third-order valence-corrected chi connectivity index (χ3v) is 3.57. The Labute approximate surface area is 129 Å². The van der Waals surface area contributed by atoms with E-state index in [0.717, 1.165) is 0 Å². The molecule has 0 aliphatic heterocycles. The van der Waals surface area contributed by atoms with Gasteiger partial charge >= 0.3 is 0 Å². The summed E-state index contributed by atoms with van der Waals surface area (Å²) in [6.45, 7) is 17.1. The van der Waals surface area contributed by atoms with E-state index in [9.17, 15) is 0 Å². The fourth-order valence-electron chi connectivity index (χ4n) is 1.71. The lowest BCUT2D eigenvalue weighted by Gasteiger charge is -2.11. The Morgan fingerprint density at radius 2 is 1.60 bits per heavy atom. The van der Waals surface area contributed by atoms with Crippen LogP contribution in [0.1, 0.15) is 85.0 Å². The molecule has 0 spiro atoms. The summed E-state index contributed by atoms with van der Waals surface area (Å²) in [5.74, 6) is 1.01. The number of hydrogen-bond acceptors (Lipinski definition) is 2. The van der Waals surface area contributed by atoms with Crippen molar-refractivity contribution in [3.63, 3.8) is 0 Å². The quantitative estimate of drug-likeness (QED) is 0.581. The molecule has 2 heterocycles. The van der Waals surface area contributed by atoms with Crippen LogP contribution < -0.4 is 0 Å². The molecule has 0 radical (unpaired) electrons. The van der Waals surface area contributed by atoms with Crippen molar-refractivity contribution in [3.05, 3.63) is 28.9 Å². The Balaban J connectivity index is 0.000000641. The summed E-state index contributed by atoms with van der Waals surface area (Å²) in [6.07, 6.45) is 1.25. The first kappa shape index (κ1) is 19.1. The normalized spacial score (nSPS) is 10.1. The maximum absolute atomic E-state index is 4.78. The fourth-order valence-corrected chi connectivity index (χ4v) is 2.73. The van der Waals surface area contributed by atoms with Crippen LogP contribution in [0.3, 0.4) is 0 Å². The molecule has 2 rings (SSSR count). The summed E-state index contributed by atoms with van der Waals surface area (Å²) in [7, 11) is 0. The van der Waals surface area contributed by atoms with Gasteiger partial charge in [0.05, 0.1) is 10.4 Å². The van der Waals surface area contributed by atoms with Crippen LogP contribution in [0.2, 0.25) is 0 Å². The van der Waals surface area contributed by atoms with Crippen LogP contribution in [-0.2, 0) is 0 Å². The smallest absolute Gasteiger partial charge is 0.0610 e. The molecule has 2 heteroatoms. The molecule has 0 atom stereocenters. The van der Waals surface area contributed by atoms with E-state index >= 15 is 0 Å². The lowest BCUT2D eigenvalue weighted by molar-refractivity contribution is 0.776.